The van der Waals surface area contributed by atoms with Crippen LogP contribution < -0.4 is 4.74 Å². The summed E-state index contributed by atoms with van der Waals surface area (Å²) in [5.74, 6) is 0.429. The molecule has 0 aliphatic heterocycles. The lowest BCUT2D eigenvalue weighted by Gasteiger charge is -2.15. The second kappa shape index (κ2) is 5.45. The zero-order chi connectivity index (χ0) is 13.0. The smallest absolute Gasteiger partial charge is 0.270 e. The average molecular weight is 237 g/mol. The number of nitro groups is 1. The minimum absolute atomic E-state index is 0.0699. The highest BCUT2D eigenvalue weighted by Crippen LogP contribution is 2.30. The maximum absolute atomic E-state index is 10.6. The molecule has 0 aliphatic rings. The molecule has 1 rings (SSSR count). The highest BCUT2D eigenvalue weighted by Gasteiger charge is 2.16. The Labute approximate surface area is 99.5 Å². The highest BCUT2D eigenvalue weighted by atomic mass is 16.6. The van der Waals surface area contributed by atoms with Gasteiger partial charge >= 0.3 is 0 Å². The van der Waals surface area contributed by atoms with Crippen molar-refractivity contribution in [3.8, 4) is 5.75 Å². The normalized spacial score (nSPS) is 13.8. The predicted molar refractivity (Wildman–Crippen MR) is 64.0 cm³/mol. The zero-order valence-electron chi connectivity index (χ0n) is 9.79. The Morgan fingerprint density at radius 2 is 2.18 bits per heavy atom. The third-order valence-electron chi connectivity index (χ3n) is 2.30. The number of rotatable bonds is 5. The summed E-state index contributed by atoms with van der Waals surface area (Å²) in [5.41, 5.74) is 0.326. The number of hydrogen-bond donors (Lipinski definition) is 1. The molecule has 0 saturated heterocycles. The molecular weight excluding hydrogens is 222 g/mol. The largest absolute Gasteiger partial charge is 0.486 e. The summed E-state index contributed by atoms with van der Waals surface area (Å²) in [7, 11) is 0. The maximum Gasteiger partial charge on any atom is 0.270 e. The Morgan fingerprint density at radius 3 is 2.65 bits per heavy atom. The lowest BCUT2D eigenvalue weighted by molar-refractivity contribution is -0.385. The van der Waals surface area contributed by atoms with Crippen LogP contribution >= 0.6 is 0 Å². The van der Waals surface area contributed by atoms with E-state index in [0.717, 1.165) is 0 Å². The topological polar surface area (TPSA) is 72.6 Å². The third kappa shape index (κ3) is 3.29. The Morgan fingerprint density at radius 1 is 1.53 bits per heavy atom. The Bertz CT molecular complexity index is 429. The van der Waals surface area contributed by atoms with Crippen molar-refractivity contribution in [2.45, 2.75) is 26.1 Å². The van der Waals surface area contributed by atoms with Crippen LogP contribution in [0.5, 0.6) is 5.75 Å². The number of benzene rings is 1. The van der Waals surface area contributed by atoms with Gasteiger partial charge in [0.25, 0.3) is 5.69 Å². The molecule has 0 heterocycles. The summed E-state index contributed by atoms with van der Waals surface area (Å²) >= 11 is 0. The molecule has 1 aromatic carbocycles. The SMILES string of the molecule is C=CC(C)Oc1ccc([N+](=O)[O-])cc1[C@@H](C)O. The zero-order valence-corrected chi connectivity index (χ0v) is 9.79. The summed E-state index contributed by atoms with van der Waals surface area (Å²) in [6, 6.07) is 4.15. The summed E-state index contributed by atoms with van der Waals surface area (Å²) in [6.45, 7) is 6.91. The van der Waals surface area contributed by atoms with Crippen LogP contribution in [0.2, 0.25) is 0 Å². The van der Waals surface area contributed by atoms with E-state index in [1.165, 1.54) is 25.1 Å². The monoisotopic (exact) mass is 237 g/mol. The second-order valence-corrected chi connectivity index (χ2v) is 3.71. The first-order valence-electron chi connectivity index (χ1n) is 5.21. The van der Waals surface area contributed by atoms with E-state index in [1.54, 1.807) is 13.0 Å². The van der Waals surface area contributed by atoms with Crippen LogP contribution in [-0.4, -0.2) is 16.1 Å². The lowest BCUT2D eigenvalue weighted by atomic mass is 10.1. The first kappa shape index (κ1) is 13.2. The van der Waals surface area contributed by atoms with E-state index in [-0.39, 0.29) is 11.8 Å². The first-order chi connectivity index (χ1) is 7.95. The molecule has 0 bridgehead atoms. The van der Waals surface area contributed by atoms with Crippen LogP contribution in [0.15, 0.2) is 30.9 Å². The molecule has 1 unspecified atom stereocenters. The summed E-state index contributed by atoms with van der Waals surface area (Å²) in [5, 5.41) is 20.2. The second-order valence-electron chi connectivity index (χ2n) is 3.71. The minimum atomic E-state index is -0.832. The molecule has 2 atom stereocenters. The molecule has 0 aliphatic carbocycles. The number of ether oxygens (including phenoxy) is 1. The quantitative estimate of drug-likeness (QED) is 0.485. The molecule has 0 saturated carbocycles. The molecule has 0 spiro atoms. The molecule has 92 valence electrons. The molecule has 0 radical (unpaired) electrons. The van der Waals surface area contributed by atoms with E-state index >= 15 is 0 Å². The van der Waals surface area contributed by atoms with Crippen molar-refractivity contribution in [3.63, 3.8) is 0 Å². The number of hydrogen-bond acceptors (Lipinski definition) is 4. The molecule has 0 amide bonds. The molecule has 5 heteroatoms. The highest BCUT2D eigenvalue weighted by molar-refractivity contribution is 5.45. The van der Waals surface area contributed by atoms with Crippen molar-refractivity contribution in [2.75, 3.05) is 0 Å². The number of non-ortho nitro benzene ring substituents is 1. The van der Waals surface area contributed by atoms with Gasteiger partial charge in [0, 0.05) is 17.7 Å². The van der Waals surface area contributed by atoms with Gasteiger partial charge in [-0.3, -0.25) is 10.1 Å². The van der Waals surface area contributed by atoms with Crippen LogP contribution in [-0.2, 0) is 0 Å². The maximum atomic E-state index is 10.6. The Hall–Kier alpha value is -1.88. The van der Waals surface area contributed by atoms with Gasteiger partial charge in [0.1, 0.15) is 11.9 Å². The average Bonchev–Trinajstić information content (AvgIpc) is 2.28. The molecule has 0 fully saturated rings. The van der Waals surface area contributed by atoms with Crippen molar-refractivity contribution < 1.29 is 14.8 Å². The summed E-state index contributed by atoms with van der Waals surface area (Å²) in [6.07, 6.45) is 0.545. The first-order valence-corrected chi connectivity index (χ1v) is 5.21. The number of nitrogens with zero attached hydrogens (tertiary/aromatic N) is 1. The van der Waals surface area contributed by atoms with Crippen LogP contribution in [0.4, 0.5) is 5.69 Å². The third-order valence-corrected chi connectivity index (χ3v) is 2.30. The molecular formula is C12H15NO4. The Kier molecular flexibility index (Phi) is 4.23. The van der Waals surface area contributed by atoms with Crippen LogP contribution in [0.25, 0.3) is 0 Å². The molecule has 5 nitrogen and oxygen atoms in total. The fourth-order valence-electron chi connectivity index (χ4n) is 1.33. The van der Waals surface area contributed by atoms with Gasteiger partial charge in [0.15, 0.2) is 0 Å². The Balaban J connectivity index is 3.12. The van der Waals surface area contributed by atoms with E-state index in [2.05, 4.69) is 6.58 Å². The molecule has 1 N–H and O–H groups in total. The summed E-state index contributed by atoms with van der Waals surface area (Å²) in [4.78, 5) is 10.1. The number of aliphatic hydroxyl groups is 1. The molecule has 17 heavy (non-hydrogen) atoms. The summed E-state index contributed by atoms with van der Waals surface area (Å²) < 4.78 is 5.49. The van der Waals surface area contributed by atoms with Gasteiger partial charge in [-0.1, -0.05) is 12.7 Å². The van der Waals surface area contributed by atoms with Gasteiger partial charge in [0.05, 0.1) is 11.0 Å². The van der Waals surface area contributed by atoms with Crippen molar-refractivity contribution in [1.82, 2.24) is 0 Å². The number of aliphatic hydroxyl groups excluding tert-OH is 1. The van der Waals surface area contributed by atoms with Crippen LogP contribution in [0, 0.1) is 10.1 Å². The van der Waals surface area contributed by atoms with Gasteiger partial charge in [-0.2, -0.15) is 0 Å². The lowest BCUT2D eigenvalue weighted by Crippen LogP contribution is -2.10. The van der Waals surface area contributed by atoms with E-state index in [0.29, 0.717) is 11.3 Å². The predicted octanol–water partition coefficient (Wildman–Crippen LogP) is 2.60. The van der Waals surface area contributed by atoms with Gasteiger partial charge in [-0.05, 0) is 19.9 Å². The molecule has 1 aromatic rings. The van der Waals surface area contributed by atoms with Gasteiger partial charge in [0.2, 0.25) is 0 Å². The van der Waals surface area contributed by atoms with Gasteiger partial charge in [-0.25, -0.2) is 0 Å². The van der Waals surface area contributed by atoms with E-state index < -0.39 is 11.0 Å². The van der Waals surface area contributed by atoms with E-state index in [9.17, 15) is 15.2 Å². The molecule has 0 aromatic heterocycles. The van der Waals surface area contributed by atoms with E-state index in [4.69, 9.17) is 4.74 Å². The van der Waals surface area contributed by atoms with E-state index in [1.807, 2.05) is 0 Å². The standard InChI is InChI=1S/C12H15NO4/c1-4-8(2)17-12-6-5-10(13(15)16)7-11(12)9(3)14/h4-9,14H,1H2,2-3H3/t8?,9-/m1/s1. The van der Waals surface area contributed by atoms with Crippen molar-refractivity contribution in [1.29, 1.82) is 0 Å². The van der Waals surface area contributed by atoms with Crippen molar-refractivity contribution >= 4 is 5.69 Å². The fraction of sp³-hybridized carbons (Fsp3) is 0.333. The fourth-order valence-corrected chi connectivity index (χ4v) is 1.33. The van der Waals surface area contributed by atoms with Crippen LogP contribution in [0.3, 0.4) is 0 Å². The van der Waals surface area contributed by atoms with Gasteiger partial charge < -0.3 is 9.84 Å². The van der Waals surface area contributed by atoms with Crippen molar-refractivity contribution in [3.05, 3.63) is 46.5 Å². The van der Waals surface area contributed by atoms with Crippen molar-refractivity contribution in [2.24, 2.45) is 0 Å². The van der Waals surface area contributed by atoms with Gasteiger partial charge in [-0.15, -0.1) is 0 Å². The minimum Gasteiger partial charge on any atom is -0.486 e. The van der Waals surface area contributed by atoms with Crippen LogP contribution in [0.1, 0.15) is 25.5 Å². The number of nitro benzene ring substituents is 1.